The third-order valence-corrected chi connectivity index (χ3v) is 7.67. The number of hydrogen-bond acceptors (Lipinski definition) is 3. The van der Waals surface area contributed by atoms with Crippen molar-refractivity contribution in [3.05, 3.63) is 131 Å². The van der Waals surface area contributed by atoms with Gasteiger partial charge in [0.05, 0.1) is 16.3 Å². The van der Waals surface area contributed by atoms with Crippen LogP contribution in [0.4, 0.5) is 0 Å². The van der Waals surface area contributed by atoms with Gasteiger partial charge in [-0.2, -0.15) is 0 Å². The molecule has 1 aromatic heterocycles. The van der Waals surface area contributed by atoms with Crippen molar-refractivity contribution in [3.8, 4) is 0 Å². The molecule has 1 unspecified atom stereocenters. The Morgan fingerprint density at radius 2 is 1.76 bits per heavy atom. The summed E-state index contributed by atoms with van der Waals surface area (Å²) in [6, 6.07) is 24.4. The summed E-state index contributed by atoms with van der Waals surface area (Å²) in [6.07, 6.45) is 3.79. The van der Waals surface area contributed by atoms with Crippen LogP contribution in [0.5, 0.6) is 0 Å². The predicted octanol–water partition coefficient (Wildman–Crippen LogP) is 5.28. The molecule has 4 aromatic rings. The number of hydrogen-bond donors (Lipinski definition) is 0. The molecule has 2 aliphatic rings. The zero-order valence-electron chi connectivity index (χ0n) is 18.1. The molecule has 0 radical (unpaired) electrons. The topological polar surface area (TPSA) is 34.4 Å². The Kier molecular flexibility index (Phi) is 4.93. The van der Waals surface area contributed by atoms with Gasteiger partial charge in [0.2, 0.25) is 0 Å². The van der Waals surface area contributed by atoms with Gasteiger partial charge in [-0.15, -0.1) is 0 Å². The smallest absolute Gasteiger partial charge is 0.271 e. The van der Waals surface area contributed by atoms with Crippen molar-refractivity contribution in [2.75, 3.05) is 0 Å². The van der Waals surface area contributed by atoms with Crippen LogP contribution in [0.2, 0.25) is 5.02 Å². The summed E-state index contributed by atoms with van der Waals surface area (Å²) in [6.45, 7) is 2.09. The van der Waals surface area contributed by atoms with Gasteiger partial charge in [-0.3, -0.25) is 9.36 Å². The fourth-order valence-electron chi connectivity index (χ4n) is 4.78. The predicted molar refractivity (Wildman–Crippen MR) is 135 cm³/mol. The van der Waals surface area contributed by atoms with Crippen LogP contribution in [0.25, 0.3) is 11.8 Å². The third-order valence-electron chi connectivity index (χ3n) is 6.43. The molecule has 0 fully saturated rings. The Morgan fingerprint density at radius 3 is 2.55 bits per heavy atom. The Hall–Kier alpha value is -3.21. The summed E-state index contributed by atoms with van der Waals surface area (Å²) in [7, 11) is 0. The maximum Gasteiger partial charge on any atom is 0.271 e. The van der Waals surface area contributed by atoms with Crippen molar-refractivity contribution in [3.63, 3.8) is 0 Å². The van der Waals surface area contributed by atoms with Gasteiger partial charge in [-0.05, 0) is 60.2 Å². The summed E-state index contributed by atoms with van der Waals surface area (Å²) in [5, 5.41) is 0.680. The van der Waals surface area contributed by atoms with Crippen LogP contribution in [0.3, 0.4) is 0 Å². The molecule has 2 heterocycles. The molecule has 0 saturated heterocycles. The minimum atomic E-state index is -0.141. The van der Waals surface area contributed by atoms with E-state index in [0.717, 1.165) is 34.5 Å². The van der Waals surface area contributed by atoms with E-state index in [0.29, 0.717) is 9.55 Å². The van der Waals surface area contributed by atoms with Crippen LogP contribution in [0.15, 0.2) is 88.2 Å². The molecule has 5 heteroatoms. The Bertz CT molecular complexity index is 1590. The zero-order chi connectivity index (χ0) is 22.5. The molecule has 1 aliphatic carbocycles. The van der Waals surface area contributed by atoms with Crippen LogP contribution in [-0.4, -0.2) is 4.57 Å². The van der Waals surface area contributed by atoms with Gasteiger partial charge in [0, 0.05) is 10.6 Å². The highest BCUT2D eigenvalue weighted by molar-refractivity contribution is 7.07. The summed E-state index contributed by atoms with van der Waals surface area (Å²) in [5.41, 5.74) is 8.05. The number of benzene rings is 3. The molecule has 0 amide bonds. The first-order chi connectivity index (χ1) is 16.1. The van der Waals surface area contributed by atoms with Crippen LogP contribution >= 0.6 is 22.9 Å². The monoisotopic (exact) mass is 468 g/mol. The molecule has 0 bridgehead atoms. The summed E-state index contributed by atoms with van der Waals surface area (Å²) in [4.78, 5) is 19.5. The van der Waals surface area contributed by atoms with Crippen LogP contribution in [-0.2, 0) is 6.42 Å². The normalized spacial score (nSPS) is 17.3. The minimum Gasteiger partial charge on any atom is -0.272 e. The number of halogens is 1. The van der Waals surface area contributed by atoms with Crippen LogP contribution < -0.4 is 14.9 Å². The minimum absolute atomic E-state index is 0.00434. The summed E-state index contributed by atoms with van der Waals surface area (Å²) >= 11 is 7.49. The highest BCUT2D eigenvalue weighted by Gasteiger charge is 2.32. The fourth-order valence-corrected chi connectivity index (χ4v) is 5.91. The van der Waals surface area contributed by atoms with E-state index in [1.165, 1.54) is 33.6 Å². The van der Waals surface area contributed by atoms with E-state index in [1.54, 1.807) is 0 Å². The molecular formula is C28H21ClN2OS. The molecule has 1 atom stereocenters. The maximum atomic E-state index is 13.7. The van der Waals surface area contributed by atoms with Gasteiger partial charge < -0.3 is 0 Å². The van der Waals surface area contributed by atoms with E-state index in [-0.39, 0.29) is 11.6 Å². The second-order valence-electron chi connectivity index (χ2n) is 8.58. The number of nitrogens with zero attached hydrogens (tertiary/aromatic N) is 2. The first-order valence-electron chi connectivity index (χ1n) is 11.0. The highest BCUT2D eigenvalue weighted by atomic mass is 35.5. The molecule has 0 N–H and O–H groups in total. The van der Waals surface area contributed by atoms with Crippen LogP contribution in [0.1, 0.15) is 40.3 Å². The van der Waals surface area contributed by atoms with Gasteiger partial charge >= 0.3 is 0 Å². The molecule has 3 aromatic carbocycles. The molecule has 33 heavy (non-hydrogen) atoms. The summed E-state index contributed by atoms with van der Waals surface area (Å²) in [5.74, 6) is 0. The van der Waals surface area contributed by atoms with Crippen molar-refractivity contribution in [1.29, 1.82) is 0 Å². The Labute approximate surface area is 200 Å². The van der Waals surface area contributed by atoms with E-state index < -0.39 is 0 Å². The number of aromatic nitrogens is 1. The quantitative estimate of drug-likeness (QED) is 0.394. The molecule has 3 nitrogen and oxygen atoms in total. The van der Waals surface area contributed by atoms with Crippen molar-refractivity contribution in [1.82, 2.24) is 4.57 Å². The molecule has 0 saturated carbocycles. The lowest BCUT2D eigenvalue weighted by molar-refractivity contribution is 0.585. The molecule has 162 valence electrons. The third kappa shape index (κ3) is 3.50. The van der Waals surface area contributed by atoms with Crippen molar-refractivity contribution >= 4 is 34.7 Å². The Morgan fingerprint density at radius 1 is 1.00 bits per heavy atom. The van der Waals surface area contributed by atoms with Gasteiger partial charge in [0.25, 0.3) is 5.56 Å². The van der Waals surface area contributed by atoms with Crippen molar-refractivity contribution in [2.24, 2.45) is 4.99 Å². The van der Waals surface area contributed by atoms with Gasteiger partial charge in [0.15, 0.2) is 4.80 Å². The van der Waals surface area contributed by atoms with E-state index in [2.05, 4.69) is 55.5 Å². The second kappa shape index (κ2) is 7.98. The van der Waals surface area contributed by atoms with Crippen molar-refractivity contribution in [2.45, 2.75) is 25.8 Å². The molecular weight excluding hydrogens is 448 g/mol. The van der Waals surface area contributed by atoms with Gasteiger partial charge in [-0.25, -0.2) is 4.99 Å². The number of aryl methyl sites for hydroxylation is 2. The van der Waals surface area contributed by atoms with Crippen molar-refractivity contribution < 1.29 is 0 Å². The first-order valence-corrected chi connectivity index (χ1v) is 12.2. The molecule has 6 rings (SSSR count). The fraction of sp³-hybridized carbons (Fsp3) is 0.143. The van der Waals surface area contributed by atoms with E-state index >= 15 is 0 Å². The number of allylic oxidation sites excluding steroid dienone is 1. The molecule has 1 aliphatic heterocycles. The van der Waals surface area contributed by atoms with E-state index in [1.807, 2.05) is 34.9 Å². The standard InChI is InChI=1S/C28H21ClN2OS/c1-17-6-10-20(11-7-17)26-23-15-12-19-4-2-3-5-22(19)25(23)30-28-31(26)27(32)24(33-28)16-18-8-13-21(29)14-9-18/h2-11,13-14,16,26H,12,15H2,1H3/b24-16+. The summed E-state index contributed by atoms with van der Waals surface area (Å²) < 4.78 is 2.57. The zero-order valence-corrected chi connectivity index (χ0v) is 19.7. The maximum absolute atomic E-state index is 13.7. The number of fused-ring (bicyclic) bond motifs is 3. The lowest BCUT2D eigenvalue weighted by Crippen LogP contribution is -2.38. The molecule has 0 spiro atoms. The van der Waals surface area contributed by atoms with Gasteiger partial charge in [0.1, 0.15) is 0 Å². The van der Waals surface area contributed by atoms with Gasteiger partial charge in [-0.1, -0.05) is 89.2 Å². The van der Waals surface area contributed by atoms with E-state index in [9.17, 15) is 4.79 Å². The SMILES string of the molecule is Cc1ccc(C2C3=C(N=c4s/c(=C/c5ccc(Cl)cc5)c(=O)n42)c2ccccc2CC3)cc1. The average molecular weight is 469 g/mol. The first kappa shape index (κ1) is 20.4. The van der Waals surface area contributed by atoms with Crippen LogP contribution in [0, 0.1) is 6.92 Å². The Balaban J connectivity index is 1.62. The average Bonchev–Trinajstić information content (AvgIpc) is 3.14. The lowest BCUT2D eigenvalue weighted by atomic mass is 9.83. The lowest BCUT2D eigenvalue weighted by Gasteiger charge is -2.30. The second-order valence-corrected chi connectivity index (χ2v) is 10.0. The van der Waals surface area contributed by atoms with E-state index in [4.69, 9.17) is 16.6 Å². The largest absolute Gasteiger partial charge is 0.272 e. The number of thiazole rings is 1. The highest BCUT2D eigenvalue weighted by Crippen LogP contribution is 2.41. The number of rotatable bonds is 2.